The van der Waals surface area contributed by atoms with Crippen LogP contribution in [0.15, 0.2) is 53.1 Å². The van der Waals surface area contributed by atoms with E-state index in [1.165, 1.54) is 5.56 Å². The molecule has 2 aromatic rings. The summed E-state index contributed by atoms with van der Waals surface area (Å²) in [7, 11) is 1.81. The Kier molecular flexibility index (Phi) is 8.09. The SMILES string of the molecule is C=C(/C=C(\C)Cc1ccc(N=C(C)C)c(C)c1)C(=O)N(C)Cc1c(C)cc(C)nc1C. The Morgan fingerprint density at radius 2 is 1.77 bits per heavy atom. The van der Waals surface area contributed by atoms with Crippen LogP contribution in [-0.4, -0.2) is 28.6 Å². The Balaban J connectivity index is 2.08. The lowest BCUT2D eigenvalue weighted by atomic mass is 10.0. The van der Waals surface area contributed by atoms with Crippen LogP contribution in [0.4, 0.5) is 5.69 Å². The predicted octanol–water partition coefficient (Wildman–Crippen LogP) is 6.13. The van der Waals surface area contributed by atoms with Gasteiger partial charge in [0.1, 0.15) is 0 Å². The summed E-state index contributed by atoms with van der Waals surface area (Å²) in [6.07, 6.45) is 2.66. The summed E-state index contributed by atoms with van der Waals surface area (Å²) in [5.74, 6) is -0.0713. The number of rotatable bonds is 7. The van der Waals surface area contributed by atoms with E-state index in [1.807, 2.05) is 47.7 Å². The standard InChI is InChI=1S/C27H35N3O/c1-17(2)28-26-11-10-24(15-20(26)5)13-18(3)12-21(6)27(31)30(9)16-25-19(4)14-22(7)29-23(25)8/h10-12,14-15H,6,13,16H2,1-5,7-9H3/b18-12+. The van der Waals surface area contributed by atoms with Crippen LogP contribution in [0.5, 0.6) is 0 Å². The number of allylic oxidation sites excluding steroid dienone is 1. The van der Waals surface area contributed by atoms with Crippen LogP contribution < -0.4 is 0 Å². The van der Waals surface area contributed by atoms with Crippen LogP contribution in [0, 0.1) is 27.7 Å². The number of aromatic nitrogens is 1. The largest absolute Gasteiger partial charge is 0.337 e. The third kappa shape index (κ3) is 6.74. The van der Waals surface area contributed by atoms with Gasteiger partial charge < -0.3 is 4.90 Å². The summed E-state index contributed by atoms with van der Waals surface area (Å²) in [5.41, 5.74) is 10.2. The molecule has 0 saturated carbocycles. The molecule has 0 bridgehead atoms. The van der Waals surface area contributed by atoms with Crippen molar-refractivity contribution in [2.45, 2.75) is 61.4 Å². The highest BCUT2D eigenvalue weighted by atomic mass is 16.2. The average molecular weight is 418 g/mol. The van der Waals surface area contributed by atoms with E-state index in [9.17, 15) is 4.79 Å². The molecule has 4 nitrogen and oxygen atoms in total. The Labute approximate surface area is 187 Å². The molecule has 0 atom stereocenters. The fraction of sp³-hybridized carbons (Fsp3) is 0.370. The maximum atomic E-state index is 12.9. The first-order valence-electron chi connectivity index (χ1n) is 10.6. The van der Waals surface area contributed by atoms with Gasteiger partial charge in [-0.2, -0.15) is 0 Å². The van der Waals surface area contributed by atoms with Gasteiger partial charge in [0, 0.05) is 36.3 Å². The van der Waals surface area contributed by atoms with Crippen LogP contribution in [0.2, 0.25) is 0 Å². The van der Waals surface area contributed by atoms with E-state index in [2.05, 4.69) is 54.7 Å². The second kappa shape index (κ2) is 10.3. The zero-order valence-corrected chi connectivity index (χ0v) is 20.3. The lowest BCUT2D eigenvalue weighted by Crippen LogP contribution is -2.27. The zero-order chi connectivity index (χ0) is 23.3. The molecular formula is C27H35N3O. The number of hydrogen-bond acceptors (Lipinski definition) is 3. The highest BCUT2D eigenvalue weighted by Gasteiger charge is 2.15. The van der Waals surface area contributed by atoms with Gasteiger partial charge in [0.05, 0.1) is 5.69 Å². The molecular weight excluding hydrogens is 382 g/mol. The first-order chi connectivity index (χ1) is 14.5. The van der Waals surface area contributed by atoms with Gasteiger partial charge in [-0.05, 0) is 89.3 Å². The van der Waals surface area contributed by atoms with E-state index in [0.29, 0.717) is 12.1 Å². The lowest BCUT2D eigenvalue weighted by Gasteiger charge is -2.20. The maximum Gasteiger partial charge on any atom is 0.253 e. The van der Waals surface area contributed by atoms with Gasteiger partial charge in [-0.3, -0.25) is 14.8 Å². The van der Waals surface area contributed by atoms with Crippen molar-refractivity contribution in [3.8, 4) is 0 Å². The maximum absolute atomic E-state index is 12.9. The van der Waals surface area contributed by atoms with Gasteiger partial charge >= 0.3 is 0 Å². The number of aryl methyl sites for hydroxylation is 4. The van der Waals surface area contributed by atoms with E-state index in [4.69, 9.17) is 0 Å². The van der Waals surface area contributed by atoms with Crippen molar-refractivity contribution in [3.05, 3.63) is 81.7 Å². The number of hydrogen-bond donors (Lipinski definition) is 0. The van der Waals surface area contributed by atoms with Gasteiger partial charge in [0.2, 0.25) is 0 Å². The van der Waals surface area contributed by atoms with Gasteiger partial charge in [-0.25, -0.2) is 0 Å². The van der Waals surface area contributed by atoms with Gasteiger partial charge in [-0.1, -0.05) is 30.4 Å². The molecule has 0 radical (unpaired) electrons. The number of carbonyl (C=O) groups excluding carboxylic acids is 1. The molecule has 4 heteroatoms. The predicted molar refractivity (Wildman–Crippen MR) is 131 cm³/mol. The molecule has 1 heterocycles. The summed E-state index contributed by atoms with van der Waals surface area (Å²) in [4.78, 5) is 23.7. The molecule has 0 fully saturated rings. The summed E-state index contributed by atoms with van der Waals surface area (Å²) in [6, 6.07) is 8.36. The monoisotopic (exact) mass is 417 g/mol. The van der Waals surface area contributed by atoms with Gasteiger partial charge in [0.15, 0.2) is 0 Å². The smallest absolute Gasteiger partial charge is 0.253 e. The van der Waals surface area contributed by atoms with Crippen LogP contribution in [0.25, 0.3) is 0 Å². The molecule has 31 heavy (non-hydrogen) atoms. The van der Waals surface area contributed by atoms with E-state index >= 15 is 0 Å². The molecule has 1 aromatic carbocycles. The van der Waals surface area contributed by atoms with Crippen LogP contribution in [0.3, 0.4) is 0 Å². The third-order valence-corrected chi connectivity index (χ3v) is 5.21. The summed E-state index contributed by atoms with van der Waals surface area (Å²) >= 11 is 0. The minimum absolute atomic E-state index is 0.0713. The Bertz CT molecular complexity index is 1030. The fourth-order valence-corrected chi connectivity index (χ4v) is 3.77. The number of carbonyl (C=O) groups is 1. The van der Waals surface area contributed by atoms with E-state index in [-0.39, 0.29) is 5.91 Å². The van der Waals surface area contributed by atoms with E-state index < -0.39 is 0 Å². The van der Waals surface area contributed by atoms with E-state index in [0.717, 1.165) is 51.5 Å². The van der Waals surface area contributed by atoms with Crippen molar-refractivity contribution < 1.29 is 4.79 Å². The molecule has 2 rings (SSSR count). The Morgan fingerprint density at radius 1 is 1.10 bits per heavy atom. The van der Waals surface area contributed by atoms with Crippen molar-refractivity contribution in [1.82, 2.24) is 9.88 Å². The third-order valence-electron chi connectivity index (χ3n) is 5.21. The number of benzene rings is 1. The fourth-order valence-electron chi connectivity index (χ4n) is 3.77. The quantitative estimate of drug-likeness (QED) is 0.309. The molecule has 0 aliphatic carbocycles. The Hall–Kier alpha value is -3.01. The molecule has 0 spiro atoms. The molecule has 1 amide bonds. The number of pyridine rings is 1. The van der Waals surface area contributed by atoms with Gasteiger partial charge in [0.25, 0.3) is 5.91 Å². The number of likely N-dealkylation sites (N-methyl/N-ethyl adjacent to an activating group) is 1. The minimum atomic E-state index is -0.0713. The number of nitrogens with zero attached hydrogens (tertiary/aromatic N) is 3. The lowest BCUT2D eigenvalue weighted by molar-refractivity contribution is -0.126. The summed E-state index contributed by atoms with van der Waals surface area (Å²) in [5, 5.41) is 0. The average Bonchev–Trinajstić information content (AvgIpc) is 2.65. The first-order valence-corrected chi connectivity index (χ1v) is 10.6. The molecule has 1 aromatic heterocycles. The normalized spacial score (nSPS) is 11.3. The van der Waals surface area contributed by atoms with Crippen molar-refractivity contribution in [1.29, 1.82) is 0 Å². The second-order valence-corrected chi connectivity index (χ2v) is 8.68. The highest BCUT2D eigenvalue weighted by Crippen LogP contribution is 2.22. The number of amides is 1. The molecule has 0 unspecified atom stereocenters. The molecule has 0 N–H and O–H groups in total. The van der Waals surface area contributed by atoms with Crippen molar-refractivity contribution in [2.24, 2.45) is 4.99 Å². The highest BCUT2D eigenvalue weighted by molar-refractivity contribution is 5.95. The molecule has 0 aliphatic rings. The van der Waals surface area contributed by atoms with Crippen molar-refractivity contribution in [3.63, 3.8) is 0 Å². The van der Waals surface area contributed by atoms with E-state index in [1.54, 1.807) is 4.90 Å². The van der Waals surface area contributed by atoms with Crippen LogP contribution >= 0.6 is 0 Å². The summed E-state index contributed by atoms with van der Waals surface area (Å²) < 4.78 is 0. The molecule has 164 valence electrons. The summed E-state index contributed by atoms with van der Waals surface area (Å²) in [6.45, 7) is 18.7. The first kappa shape index (κ1) is 24.3. The van der Waals surface area contributed by atoms with Crippen LogP contribution in [0.1, 0.15) is 54.4 Å². The topological polar surface area (TPSA) is 45.6 Å². The second-order valence-electron chi connectivity index (χ2n) is 8.68. The van der Waals surface area contributed by atoms with Crippen molar-refractivity contribution >= 4 is 17.3 Å². The molecule has 0 saturated heterocycles. The molecule has 0 aliphatic heterocycles. The minimum Gasteiger partial charge on any atom is -0.337 e. The van der Waals surface area contributed by atoms with Crippen molar-refractivity contribution in [2.75, 3.05) is 7.05 Å². The Morgan fingerprint density at radius 3 is 2.35 bits per heavy atom. The number of aliphatic imine (C=N–C) groups is 1. The zero-order valence-electron chi connectivity index (χ0n) is 20.3. The van der Waals surface area contributed by atoms with Gasteiger partial charge in [-0.15, -0.1) is 0 Å². The van der Waals surface area contributed by atoms with Crippen LogP contribution in [-0.2, 0) is 17.8 Å².